The summed E-state index contributed by atoms with van der Waals surface area (Å²) in [5, 5.41) is 2.16. The number of hydrogen-bond acceptors (Lipinski definition) is 5. The molecule has 0 spiro atoms. The maximum absolute atomic E-state index is 13.6. The molecule has 7 nitrogen and oxygen atoms in total. The fourth-order valence-electron chi connectivity index (χ4n) is 4.23. The van der Waals surface area contributed by atoms with E-state index in [9.17, 15) is 9.59 Å². The Labute approximate surface area is 201 Å². The minimum atomic E-state index is -0.522. The number of imidazole rings is 1. The Morgan fingerprint density at radius 1 is 1.00 bits per heavy atom. The molecular formula is C25H16ClN5O2S. The lowest BCUT2D eigenvalue weighted by Gasteiger charge is -2.10. The van der Waals surface area contributed by atoms with Crippen LogP contribution in [0.5, 0.6) is 0 Å². The van der Waals surface area contributed by atoms with Gasteiger partial charge in [-0.1, -0.05) is 48.0 Å². The molecule has 0 aliphatic rings. The molecule has 2 aromatic carbocycles. The number of aromatic nitrogens is 5. The lowest BCUT2D eigenvalue weighted by Crippen LogP contribution is -2.33. The van der Waals surface area contributed by atoms with E-state index < -0.39 is 11.2 Å². The van der Waals surface area contributed by atoms with Crippen molar-refractivity contribution in [3.8, 4) is 27.4 Å². The third-order valence-corrected chi connectivity index (χ3v) is 7.27. The zero-order valence-corrected chi connectivity index (χ0v) is 19.4. The number of halogens is 1. The summed E-state index contributed by atoms with van der Waals surface area (Å²) in [4.78, 5) is 38.7. The molecule has 0 bridgehead atoms. The molecule has 0 fully saturated rings. The van der Waals surface area contributed by atoms with Crippen molar-refractivity contribution in [2.24, 2.45) is 7.05 Å². The fourth-order valence-corrected chi connectivity index (χ4v) is 5.68. The topological polar surface area (TPSA) is 85.6 Å². The first kappa shape index (κ1) is 20.6. The van der Waals surface area contributed by atoms with Crippen LogP contribution in [-0.2, 0) is 7.05 Å². The van der Waals surface area contributed by atoms with Crippen molar-refractivity contribution in [2.45, 2.75) is 0 Å². The van der Waals surface area contributed by atoms with E-state index >= 15 is 0 Å². The van der Waals surface area contributed by atoms with Crippen LogP contribution >= 0.6 is 22.9 Å². The maximum Gasteiger partial charge on any atom is 0.333 e. The summed E-state index contributed by atoms with van der Waals surface area (Å²) < 4.78 is 3.48. The lowest BCUT2D eigenvalue weighted by molar-refractivity contribution is 0.905. The number of thiophene rings is 1. The molecule has 166 valence electrons. The zero-order chi connectivity index (χ0) is 23.4. The van der Waals surface area contributed by atoms with E-state index in [2.05, 4.69) is 15.0 Å². The Balaban J connectivity index is 1.62. The van der Waals surface area contributed by atoms with Crippen LogP contribution in [0.1, 0.15) is 0 Å². The smallest absolute Gasteiger partial charge is 0.333 e. The van der Waals surface area contributed by atoms with Crippen LogP contribution in [0.4, 0.5) is 0 Å². The molecule has 0 saturated heterocycles. The van der Waals surface area contributed by atoms with E-state index in [0.29, 0.717) is 20.9 Å². The van der Waals surface area contributed by atoms with Crippen molar-refractivity contribution < 1.29 is 0 Å². The molecule has 0 amide bonds. The lowest BCUT2D eigenvalue weighted by atomic mass is 10.0. The molecule has 0 aliphatic carbocycles. The fraction of sp³-hybridized carbons (Fsp3) is 0.0400. The summed E-state index contributed by atoms with van der Waals surface area (Å²) in [7, 11) is 1.91. The molecule has 0 aliphatic heterocycles. The number of pyridine rings is 1. The van der Waals surface area contributed by atoms with Crippen LogP contribution in [0.2, 0.25) is 5.02 Å². The van der Waals surface area contributed by atoms with Crippen LogP contribution in [0.15, 0.2) is 83.0 Å². The molecule has 0 saturated carbocycles. The molecule has 4 aromatic heterocycles. The van der Waals surface area contributed by atoms with Crippen LogP contribution in [0.25, 0.3) is 48.4 Å². The molecule has 9 heteroatoms. The Morgan fingerprint density at radius 2 is 1.85 bits per heavy atom. The monoisotopic (exact) mass is 485 g/mol. The van der Waals surface area contributed by atoms with E-state index in [4.69, 9.17) is 11.6 Å². The average molecular weight is 486 g/mol. The SMILES string of the molecule is Cn1cncc1-c1cccc(Cl)c1-c1cc2[nH]c(=O)n(-c3cncc4ccccc34)c(=O)c2s1. The van der Waals surface area contributed by atoms with Crippen molar-refractivity contribution in [3.63, 3.8) is 0 Å². The van der Waals surface area contributed by atoms with Gasteiger partial charge in [0.15, 0.2) is 0 Å². The van der Waals surface area contributed by atoms with Crippen molar-refractivity contribution >= 4 is 43.9 Å². The van der Waals surface area contributed by atoms with Crippen molar-refractivity contribution in [3.05, 3.63) is 99.3 Å². The second kappa shape index (κ2) is 7.79. The van der Waals surface area contributed by atoms with E-state index in [1.54, 1.807) is 24.8 Å². The number of nitrogens with one attached hydrogen (secondary N) is 1. The van der Waals surface area contributed by atoms with Gasteiger partial charge in [-0.2, -0.15) is 0 Å². The summed E-state index contributed by atoms with van der Waals surface area (Å²) in [6.07, 6.45) is 6.73. The Bertz CT molecular complexity index is 1840. The van der Waals surface area contributed by atoms with E-state index in [-0.39, 0.29) is 0 Å². The first-order valence-corrected chi connectivity index (χ1v) is 11.6. The van der Waals surface area contributed by atoms with Gasteiger partial charge in [0.2, 0.25) is 0 Å². The standard InChI is InChI=1S/C25H16ClN5O2S/c1-30-13-28-11-19(30)16-7-4-8-17(26)22(16)21-9-18-23(34-21)24(32)31(25(33)29-18)20-12-27-10-14-5-2-3-6-15(14)20/h2-13H,1H3,(H,29,33). The highest BCUT2D eigenvalue weighted by molar-refractivity contribution is 7.22. The molecule has 6 aromatic rings. The molecule has 4 heterocycles. The number of nitrogens with zero attached hydrogens (tertiary/aromatic N) is 4. The van der Waals surface area contributed by atoms with E-state index in [0.717, 1.165) is 37.0 Å². The van der Waals surface area contributed by atoms with Crippen LogP contribution in [0, 0.1) is 0 Å². The number of hydrogen-bond donors (Lipinski definition) is 1. The summed E-state index contributed by atoms with van der Waals surface area (Å²) in [6, 6.07) is 15.0. The summed E-state index contributed by atoms with van der Waals surface area (Å²) in [5.41, 5.74) is 2.55. The highest BCUT2D eigenvalue weighted by Gasteiger charge is 2.19. The van der Waals surface area contributed by atoms with Gasteiger partial charge >= 0.3 is 5.69 Å². The third kappa shape index (κ3) is 3.11. The van der Waals surface area contributed by atoms with E-state index in [1.807, 2.05) is 54.1 Å². The molecule has 34 heavy (non-hydrogen) atoms. The van der Waals surface area contributed by atoms with Crippen LogP contribution in [-0.4, -0.2) is 24.1 Å². The van der Waals surface area contributed by atoms with Crippen molar-refractivity contribution in [1.82, 2.24) is 24.1 Å². The van der Waals surface area contributed by atoms with Gasteiger partial charge in [-0.15, -0.1) is 11.3 Å². The minimum Gasteiger partial charge on any atom is -0.334 e. The largest absolute Gasteiger partial charge is 0.334 e. The van der Waals surface area contributed by atoms with Gasteiger partial charge in [0.1, 0.15) is 4.70 Å². The quantitative estimate of drug-likeness (QED) is 0.382. The highest BCUT2D eigenvalue weighted by Crippen LogP contribution is 2.41. The highest BCUT2D eigenvalue weighted by atomic mass is 35.5. The van der Waals surface area contributed by atoms with Gasteiger partial charge in [-0.3, -0.25) is 9.78 Å². The number of rotatable bonds is 3. The van der Waals surface area contributed by atoms with Crippen molar-refractivity contribution in [1.29, 1.82) is 0 Å². The van der Waals surface area contributed by atoms with Gasteiger partial charge in [0.05, 0.1) is 35.6 Å². The number of H-pyrrole nitrogens is 1. The van der Waals surface area contributed by atoms with Crippen LogP contribution in [0.3, 0.4) is 0 Å². The number of aromatic amines is 1. The summed E-state index contributed by atoms with van der Waals surface area (Å²) in [5.74, 6) is 0. The van der Waals surface area contributed by atoms with Crippen molar-refractivity contribution in [2.75, 3.05) is 0 Å². The Kier molecular flexibility index (Phi) is 4.72. The first-order valence-electron chi connectivity index (χ1n) is 10.4. The molecule has 1 N–H and O–H groups in total. The van der Waals surface area contributed by atoms with E-state index in [1.165, 1.54) is 17.5 Å². The molecule has 0 unspecified atom stereocenters. The number of fused-ring (bicyclic) bond motifs is 2. The molecule has 0 radical (unpaired) electrons. The minimum absolute atomic E-state index is 0.401. The maximum atomic E-state index is 13.6. The van der Waals surface area contributed by atoms with Gasteiger partial charge in [-0.05, 0) is 12.1 Å². The summed E-state index contributed by atoms with van der Waals surface area (Å²) >= 11 is 7.93. The molecule has 6 rings (SSSR count). The number of aryl methyl sites for hydroxylation is 1. The predicted molar refractivity (Wildman–Crippen MR) is 136 cm³/mol. The molecular weight excluding hydrogens is 470 g/mol. The number of benzene rings is 2. The average Bonchev–Trinajstić information content (AvgIpc) is 3.45. The normalized spacial score (nSPS) is 11.5. The van der Waals surface area contributed by atoms with Crippen LogP contribution < -0.4 is 11.2 Å². The second-order valence-corrected chi connectivity index (χ2v) is 9.32. The molecule has 0 atom stereocenters. The van der Waals surface area contributed by atoms with Gasteiger partial charge in [0, 0.05) is 45.0 Å². The third-order valence-electron chi connectivity index (χ3n) is 5.81. The van der Waals surface area contributed by atoms with Gasteiger partial charge in [-0.25, -0.2) is 14.3 Å². The Morgan fingerprint density at radius 3 is 2.68 bits per heavy atom. The predicted octanol–water partition coefficient (Wildman–Crippen LogP) is 5.01. The van der Waals surface area contributed by atoms with Gasteiger partial charge < -0.3 is 9.55 Å². The first-order chi connectivity index (χ1) is 16.5. The second-order valence-electron chi connectivity index (χ2n) is 7.86. The zero-order valence-electron chi connectivity index (χ0n) is 17.8. The Hall–Kier alpha value is -4.01. The summed E-state index contributed by atoms with van der Waals surface area (Å²) in [6.45, 7) is 0. The van der Waals surface area contributed by atoms with Gasteiger partial charge in [0.25, 0.3) is 5.56 Å².